The van der Waals surface area contributed by atoms with Crippen molar-refractivity contribution in [1.82, 2.24) is 20.4 Å². The van der Waals surface area contributed by atoms with Gasteiger partial charge in [-0.3, -0.25) is 19.2 Å². The Hall–Kier alpha value is -9.57. The maximum atomic E-state index is 14.7. The van der Waals surface area contributed by atoms with Gasteiger partial charge in [-0.1, -0.05) is 65.9 Å². The summed E-state index contributed by atoms with van der Waals surface area (Å²) in [7, 11) is 15.2. The number of nitrogens with one attached hydrogen (secondary N) is 2. The number of piperidine rings is 2. The molecule has 4 unspecified atom stereocenters. The van der Waals surface area contributed by atoms with E-state index in [1.165, 1.54) is 42.7 Å². The van der Waals surface area contributed by atoms with E-state index in [0.29, 0.717) is 175 Å². The Kier molecular flexibility index (Phi) is 30.1. The van der Waals surface area contributed by atoms with Gasteiger partial charge in [-0.2, -0.15) is 0 Å². The lowest BCUT2D eigenvalue weighted by molar-refractivity contribution is -0.162. The number of hydrogen-bond donors (Lipinski definition) is 3. The van der Waals surface area contributed by atoms with Crippen LogP contribution in [0.2, 0.25) is 0 Å². The molecule has 0 aliphatic carbocycles. The molecule has 0 saturated carbocycles. The summed E-state index contributed by atoms with van der Waals surface area (Å²) in [6.45, 7) is 1.25. The Balaban J connectivity index is 0.874. The van der Waals surface area contributed by atoms with Gasteiger partial charge < -0.3 is 91.9 Å². The number of aryl methyl sites for hydroxylation is 2. The number of rotatable bonds is 37. The van der Waals surface area contributed by atoms with Gasteiger partial charge in [-0.25, -0.2) is 9.59 Å². The second kappa shape index (κ2) is 39.2. The molecular formula is C77H95IN4O21. The Morgan fingerprint density at radius 1 is 0.466 bits per heavy atom. The number of amides is 4. The molecule has 556 valence electrons. The topological polar surface area (TPSA) is 282 Å². The third-order valence-corrected chi connectivity index (χ3v) is 19.4. The standard InChI is InChI=1S/C77H95IN4O21/c1-12-56(51-39-65(94-6)72(98-10)66(40-51)95-7)74(86)81-33-15-13-23-57(81)76(88)102-59(29-25-47-27-31-61(90-2)63(35-47)92-4)49-19-17-21-54(37-49)100-45-69(84)79-43-53(83)44-80-70(85)46-101-55-22-18-20-50(38-55)60(30-26-48-28-32-62(91-3)64(36-48)93-5)103-77(89)58-24-14-16-34-82(58)75(87)71(78)52-41-67(96-8)73(99-11)68(42-52)97-9/h17-22,27-28,31-32,35-42,53,56-60,71,83H,12-16,23-26,29-30,33-34,43-46H2,1-11H3,(H,79,84)(H,80,85)/t53?,56?,57-,58-,59?,60?,71-/m0/s1. The number of ether oxygens (including phenoxy) is 14. The van der Waals surface area contributed by atoms with Crippen molar-refractivity contribution in [2.24, 2.45) is 0 Å². The molecule has 2 aliphatic rings. The number of nitrogens with zero attached hydrogens (tertiary/aromatic N) is 2. The summed E-state index contributed by atoms with van der Waals surface area (Å²) in [5.41, 5.74) is 4.19. The predicted octanol–water partition coefficient (Wildman–Crippen LogP) is 10.4. The fourth-order valence-corrected chi connectivity index (χ4v) is 13.4. The van der Waals surface area contributed by atoms with Crippen LogP contribution in [-0.2, 0) is 51.1 Å². The van der Waals surface area contributed by atoms with E-state index in [4.69, 9.17) is 66.3 Å². The lowest BCUT2D eigenvalue weighted by atomic mass is 9.91. The summed E-state index contributed by atoms with van der Waals surface area (Å²) in [5.74, 6) is 1.76. The van der Waals surface area contributed by atoms with E-state index >= 15 is 0 Å². The quantitative estimate of drug-likeness (QED) is 0.0186. The predicted molar refractivity (Wildman–Crippen MR) is 390 cm³/mol. The Morgan fingerprint density at radius 2 is 0.864 bits per heavy atom. The number of aliphatic hydroxyl groups excluding tert-OH is 1. The third-order valence-electron chi connectivity index (χ3n) is 18.2. The summed E-state index contributed by atoms with van der Waals surface area (Å²) in [5, 5.41) is 16.2. The molecule has 2 fully saturated rings. The number of hydrogen-bond acceptors (Lipinski definition) is 21. The summed E-state index contributed by atoms with van der Waals surface area (Å²) >= 11 is 2.07. The van der Waals surface area contributed by atoms with Crippen molar-refractivity contribution in [3.05, 3.63) is 143 Å². The lowest BCUT2D eigenvalue weighted by Gasteiger charge is -2.37. The van der Waals surface area contributed by atoms with Crippen molar-refractivity contribution in [3.63, 3.8) is 0 Å². The average molecular weight is 1540 g/mol. The largest absolute Gasteiger partial charge is 0.493 e. The molecule has 103 heavy (non-hydrogen) atoms. The molecule has 0 bridgehead atoms. The number of esters is 2. The molecule has 4 amide bonds. The van der Waals surface area contributed by atoms with Crippen LogP contribution in [0.3, 0.4) is 0 Å². The maximum absolute atomic E-state index is 14.7. The van der Waals surface area contributed by atoms with Crippen molar-refractivity contribution >= 4 is 58.2 Å². The van der Waals surface area contributed by atoms with Crippen LogP contribution < -0.4 is 67.5 Å². The minimum atomic E-state index is -1.20. The third kappa shape index (κ3) is 20.8. The van der Waals surface area contributed by atoms with E-state index in [1.54, 1.807) is 123 Å². The fraction of sp³-hybridized carbons (Fsp3) is 0.455. The second-order valence-electron chi connectivity index (χ2n) is 24.6. The van der Waals surface area contributed by atoms with Gasteiger partial charge in [-0.05, 0) is 177 Å². The van der Waals surface area contributed by atoms with Crippen LogP contribution >= 0.6 is 22.6 Å². The highest BCUT2D eigenvalue weighted by Gasteiger charge is 2.40. The first-order valence-corrected chi connectivity index (χ1v) is 35.5. The van der Waals surface area contributed by atoms with Crippen LogP contribution in [0.25, 0.3) is 0 Å². The number of likely N-dealkylation sites (tertiary alicyclic amines) is 2. The van der Waals surface area contributed by atoms with E-state index in [2.05, 4.69) is 33.2 Å². The SMILES string of the molecule is CCC(C(=O)N1CCCC[C@H]1C(=O)OC(CCc1ccc(OC)c(OC)c1)c1cccc(OCC(=O)NCC(O)CNC(=O)COc2cccc(C(CCc3ccc(OC)c(OC)c3)OC(=O)[C@@H]3CCCCN3C(=O)[C@@H](I)c3cc(OC)c(OC)c(OC)c3)c2)c1)c1cc(OC)c(OC)c(OC)c1. The van der Waals surface area contributed by atoms with Crippen molar-refractivity contribution < 1.29 is 100 Å². The van der Waals surface area contributed by atoms with Crippen molar-refractivity contribution in [2.75, 3.05) is 110 Å². The molecule has 25 nitrogen and oxygen atoms in total. The highest BCUT2D eigenvalue weighted by Crippen LogP contribution is 2.45. The zero-order valence-electron chi connectivity index (χ0n) is 60.3. The van der Waals surface area contributed by atoms with Gasteiger partial charge >= 0.3 is 11.9 Å². The number of aliphatic hydroxyl groups is 1. The molecule has 0 aromatic heterocycles. The fourth-order valence-electron chi connectivity index (χ4n) is 12.7. The first-order chi connectivity index (χ1) is 49.9. The van der Waals surface area contributed by atoms with E-state index in [-0.39, 0.29) is 24.9 Å². The number of alkyl halides is 1. The van der Waals surface area contributed by atoms with Crippen LogP contribution in [0.4, 0.5) is 0 Å². The number of carbonyl (C=O) groups is 6. The molecule has 7 atom stereocenters. The van der Waals surface area contributed by atoms with Gasteiger partial charge in [0.05, 0.1) is 83.1 Å². The number of carbonyl (C=O) groups excluding carboxylic acids is 6. The molecule has 2 heterocycles. The summed E-state index contributed by atoms with van der Waals surface area (Å²) < 4.78 is 79.6. The lowest BCUT2D eigenvalue weighted by Crippen LogP contribution is -2.50. The van der Waals surface area contributed by atoms with E-state index in [1.807, 2.05) is 31.2 Å². The smallest absolute Gasteiger partial charge is 0.329 e. The first-order valence-electron chi connectivity index (χ1n) is 34.2. The molecule has 0 radical (unpaired) electrons. The number of benzene rings is 6. The summed E-state index contributed by atoms with van der Waals surface area (Å²) in [6, 6.07) is 30.1. The molecule has 8 rings (SSSR count). The van der Waals surface area contributed by atoms with Crippen LogP contribution in [0.15, 0.2) is 109 Å². The monoisotopic (exact) mass is 1540 g/mol. The maximum Gasteiger partial charge on any atom is 0.329 e. The number of halogens is 1. The highest BCUT2D eigenvalue weighted by molar-refractivity contribution is 14.1. The molecule has 26 heteroatoms. The van der Waals surface area contributed by atoms with Crippen molar-refractivity contribution in [3.8, 4) is 69.0 Å². The average Bonchev–Trinajstić information content (AvgIpc) is 0.799. The molecule has 0 spiro atoms. The molecule has 6 aromatic rings. The van der Waals surface area contributed by atoms with Gasteiger partial charge in [-0.15, -0.1) is 0 Å². The van der Waals surface area contributed by atoms with Gasteiger partial charge in [0.1, 0.15) is 39.7 Å². The molecular weight excluding hydrogens is 1440 g/mol. The van der Waals surface area contributed by atoms with E-state index in [9.17, 15) is 33.9 Å². The summed E-state index contributed by atoms with van der Waals surface area (Å²) in [6.07, 6.45) is 2.68. The van der Waals surface area contributed by atoms with Gasteiger partial charge in [0.15, 0.2) is 59.2 Å². The van der Waals surface area contributed by atoms with Crippen molar-refractivity contribution in [2.45, 2.75) is 118 Å². The van der Waals surface area contributed by atoms with Gasteiger partial charge in [0.2, 0.25) is 23.3 Å². The van der Waals surface area contributed by atoms with E-state index < -0.39 is 77.2 Å². The van der Waals surface area contributed by atoms with Gasteiger partial charge in [0, 0.05) is 26.2 Å². The molecule has 3 N–H and O–H groups in total. The Morgan fingerprint density at radius 3 is 1.25 bits per heavy atom. The minimum absolute atomic E-state index is 0.230. The molecule has 6 aromatic carbocycles. The zero-order chi connectivity index (χ0) is 74.1. The molecule has 2 saturated heterocycles. The van der Waals surface area contributed by atoms with Crippen molar-refractivity contribution in [1.29, 1.82) is 0 Å². The summed E-state index contributed by atoms with van der Waals surface area (Å²) in [4.78, 5) is 87.9. The first kappa shape index (κ1) is 79.1. The van der Waals surface area contributed by atoms with Crippen LogP contribution in [-0.4, -0.2) is 179 Å². The minimum Gasteiger partial charge on any atom is -0.493 e. The number of methoxy groups -OCH3 is 10. The highest BCUT2D eigenvalue weighted by atomic mass is 127. The van der Waals surface area contributed by atoms with Crippen LogP contribution in [0.5, 0.6) is 69.0 Å². The Labute approximate surface area is 615 Å². The zero-order valence-corrected chi connectivity index (χ0v) is 62.5. The van der Waals surface area contributed by atoms with Gasteiger partial charge in [0.25, 0.3) is 11.8 Å². The molecule has 2 aliphatic heterocycles. The van der Waals surface area contributed by atoms with E-state index in [0.717, 1.165) is 11.1 Å². The Bertz CT molecular complexity index is 3800. The second-order valence-corrected chi connectivity index (χ2v) is 25.9. The van der Waals surface area contributed by atoms with Crippen LogP contribution in [0, 0.1) is 0 Å². The normalized spacial score (nSPS) is 15.7. The van der Waals surface area contributed by atoms with Crippen LogP contribution in [0.1, 0.15) is 120 Å².